The van der Waals surface area contributed by atoms with E-state index in [2.05, 4.69) is 20.6 Å². The lowest BCUT2D eigenvalue weighted by atomic mass is 10.1. The molecule has 1 atom stereocenters. The summed E-state index contributed by atoms with van der Waals surface area (Å²) in [6.45, 7) is 0.394. The predicted octanol–water partition coefficient (Wildman–Crippen LogP) is 2.46. The van der Waals surface area contributed by atoms with Gasteiger partial charge in [0.15, 0.2) is 5.82 Å². The summed E-state index contributed by atoms with van der Waals surface area (Å²) in [7, 11) is 0. The monoisotopic (exact) mass is 382 g/mol. The van der Waals surface area contributed by atoms with Crippen molar-refractivity contribution in [2.45, 2.75) is 32.1 Å². The third kappa shape index (κ3) is 4.36. The molecule has 2 aromatic rings. The van der Waals surface area contributed by atoms with Crippen molar-refractivity contribution < 1.29 is 22.8 Å². The Morgan fingerprint density at radius 3 is 2.89 bits per heavy atom. The summed E-state index contributed by atoms with van der Waals surface area (Å²) in [5, 5.41) is 5.32. The van der Waals surface area contributed by atoms with E-state index in [9.17, 15) is 22.8 Å². The van der Waals surface area contributed by atoms with Gasteiger partial charge >= 0.3 is 12.2 Å². The maximum absolute atomic E-state index is 12.7. The second-order valence-electron chi connectivity index (χ2n) is 6.01. The third-order valence-corrected chi connectivity index (χ3v) is 3.94. The van der Waals surface area contributed by atoms with Crippen LogP contribution in [0.1, 0.15) is 25.1 Å². The highest BCUT2D eigenvalue weighted by Gasteiger charge is 2.31. The Balaban J connectivity index is 1.75. The van der Waals surface area contributed by atoms with Crippen molar-refractivity contribution in [1.82, 2.24) is 19.9 Å². The number of urea groups is 1. The van der Waals surface area contributed by atoms with Crippen molar-refractivity contribution >= 4 is 23.4 Å². The lowest BCUT2D eigenvalue weighted by molar-refractivity contribution is -0.140. The molecule has 0 saturated heterocycles. The molecule has 3 amide bonds. The third-order valence-electron chi connectivity index (χ3n) is 3.94. The Kier molecular flexibility index (Phi) is 5.02. The van der Waals surface area contributed by atoms with Crippen LogP contribution >= 0.6 is 0 Å². The Morgan fingerprint density at radius 2 is 2.19 bits per heavy atom. The summed E-state index contributed by atoms with van der Waals surface area (Å²) < 4.78 is 38.4. The fraction of sp³-hybridized carbons (Fsp3) is 0.375. The van der Waals surface area contributed by atoms with Gasteiger partial charge in [0.2, 0.25) is 5.91 Å². The number of pyridine rings is 1. The van der Waals surface area contributed by atoms with Gasteiger partial charge in [-0.05, 0) is 18.6 Å². The molecule has 0 fully saturated rings. The first-order valence-corrected chi connectivity index (χ1v) is 8.18. The molecule has 144 valence electrons. The average Bonchev–Trinajstić information content (AvgIpc) is 3.04. The highest BCUT2D eigenvalue weighted by Crippen LogP contribution is 2.27. The Labute approximate surface area is 152 Å². The van der Waals surface area contributed by atoms with Gasteiger partial charge in [0.1, 0.15) is 13.1 Å². The molecule has 3 heterocycles. The predicted molar refractivity (Wildman–Crippen MR) is 90.1 cm³/mol. The van der Waals surface area contributed by atoms with Gasteiger partial charge < -0.3 is 15.2 Å². The maximum atomic E-state index is 12.7. The number of anilines is 2. The number of carbonyl (C=O) groups excluding carboxylic acids is 2. The van der Waals surface area contributed by atoms with Crippen molar-refractivity contribution in [2.24, 2.45) is 0 Å². The molecule has 0 aromatic carbocycles. The number of amides is 3. The van der Waals surface area contributed by atoms with Crippen LogP contribution in [0.4, 0.5) is 29.5 Å². The molecular weight excluding hydrogens is 365 g/mol. The number of imidazole rings is 1. The zero-order chi connectivity index (χ0) is 19.6. The van der Waals surface area contributed by atoms with Gasteiger partial charge in [-0.2, -0.15) is 13.2 Å². The Morgan fingerprint density at radius 1 is 1.41 bits per heavy atom. The molecule has 11 heteroatoms. The van der Waals surface area contributed by atoms with Gasteiger partial charge in [0.05, 0.1) is 23.8 Å². The van der Waals surface area contributed by atoms with E-state index in [-0.39, 0.29) is 12.5 Å². The van der Waals surface area contributed by atoms with Crippen LogP contribution in [0.15, 0.2) is 30.9 Å². The van der Waals surface area contributed by atoms with Gasteiger partial charge in [-0.15, -0.1) is 0 Å². The van der Waals surface area contributed by atoms with E-state index in [0.717, 1.165) is 10.9 Å². The number of rotatable bonds is 4. The molecular formula is C16H17F3N6O2. The van der Waals surface area contributed by atoms with Crippen LogP contribution in [0.25, 0.3) is 0 Å². The maximum Gasteiger partial charge on any atom is 0.406 e. The number of nitrogens with zero attached hydrogens (tertiary/aromatic N) is 4. The zero-order valence-corrected chi connectivity index (χ0v) is 14.3. The van der Waals surface area contributed by atoms with Crippen LogP contribution in [0.3, 0.4) is 0 Å². The van der Waals surface area contributed by atoms with Gasteiger partial charge in [-0.25, -0.2) is 14.8 Å². The summed E-state index contributed by atoms with van der Waals surface area (Å²) in [5.41, 5.74) is 0.712. The van der Waals surface area contributed by atoms with E-state index in [1.165, 1.54) is 17.3 Å². The van der Waals surface area contributed by atoms with Crippen LogP contribution < -0.4 is 15.5 Å². The van der Waals surface area contributed by atoms with Gasteiger partial charge in [0, 0.05) is 12.4 Å². The number of aromatic nitrogens is 3. The fourth-order valence-electron chi connectivity index (χ4n) is 2.75. The minimum atomic E-state index is -4.36. The largest absolute Gasteiger partial charge is 0.406 e. The molecule has 0 saturated carbocycles. The number of nitrogens with one attached hydrogen (secondary N) is 2. The number of hydrogen-bond donors (Lipinski definition) is 2. The second-order valence-corrected chi connectivity index (χ2v) is 6.01. The van der Waals surface area contributed by atoms with E-state index in [1.807, 2.05) is 0 Å². The van der Waals surface area contributed by atoms with Crippen molar-refractivity contribution in [3.63, 3.8) is 0 Å². The Hall–Kier alpha value is -3.11. The van der Waals surface area contributed by atoms with Gasteiger partial charge in [-0.3, -0.25) is 9.69 Å². The van der Waals surface area contributed by atoms with Gasteiger partial charge in [-0.1, -0.05) is 6.92 Å². The number of alkyl halides is 3. The van der Waals surface area contributed by atoms with Crippen LogP contribution in [-0.4, -0.2) is 39.2 Å². The van der Waals surface area contributed by atoms with Gasteiger partial charge in [0.25, 0.3) is 0 Å². The van der Waals surface area contributed by atoms with Crippen molar-refractivity contribution in [2.75, 3.05) is 16.8 Å². The summed E-state index contributed by atoms with van der Waals surface area (Å²) in [6, 6.07) is 2.06. The van der Waals surface area contributed by atoms with E-state index in [4.69, 9.17) is 0 Å². The van der Waals surface area contributed by atoms with Crippen LogP contribution in [0.2, 0.25) is 0 Å². The summed E-state index contributed by atoms with van der Waals surface area (Å²) in [4.78, 5) is 33.7. The standard InChI is InChI=1S/C16H17F3N6O2/c1-2-10(12-6-24(9-21-12)8-16(17,18)19)23-15(27)25-7-13(26)22-11-4-3-5-20-14(11)25/h3-6,9-10H,2,7-8H2,1H3,(H,22,26)(H,23,27). The highest BCUT2D eigenvalue weighted by molar-refractivity contribution is 6.08. The number of halogens is 3. The lowest BCUT2D eigenvalue weighted by Crippen LogP contribution is -2.48. The number of hydrogen-bond acceptors (Lipinski definition) is 4. The Bertz CT molecular complexity index is 851. The molecule has 0 radical (unpaired) electrons. The number of carbonyl (C=O) groups is 2. The van der Waals surface area contributed by atoms with Crippen LogP contribution in [0, 0.1) is 0 Å². The van der Waals surface area contributed by atoms with E-state index in [1.54, 1.807) is 19.1 Å². The molecule has 1 aliphatic rings. The lowest BCUT2D eigenvalue weighted by Gasteiger charge is -2.29. The quantitative estimate of drug-likeness (QED) is 0.850. The SMILES string of the molecule is CCC(NC(=O)N1CC(=O)Nc2cccnc21)c1cn(CC(F)(F)F)cn1. The van der Waals surface area contributed by atoms with Crippen molar-refractivity contribution in [3.8, 4) is 0 Å². The van der Waals surface area contributed by atoms with Crippen molar-refractivity contribution in [3.05, 3.63) is 36.5 Å². The van der Waals surface area contributed by atoms with Crippen LogP contribution in [-0.2, 0) is 11.3 Å². The fourth-order valence-corrected chi connectivity index (χ4v) is 2.75. The first-order chi connectivity index (χ1) is 12.8. The molecule has 0 aliphatic carbocycles. The molecule has 8 nitrogen and oxygen atoms in total. The second kappa shape index (κ2) is 7.25. The van der Waals surface area contributed by atoms with E-state index < -0.39 is 24.8 Å². The summed E-state index contributed by atoms with van der Waals surface area (Å²) >= 11 is 0. The minimum absolute atomic E-state index is 0.213. The first kappa shape index (κ1) is 18.7. The molecule has 27 heavy (non-hydrogen) atoms. The smallest absolute Gasteiger partial charge is 0.329 e. The van der Waals surface area contributed by atoms with Crippen LogP contribution in [0.5, 0.6) is 0 Å². The molecule has 3 rings (SSSR count). The first-order valence-electron chi connectivity index (χ1n) is 8.18. The molecule has 2 aromatic heterocycles. The zero-order valence-electron chi connectivity index (χ0n) is 14.3. The van der Waals surface area contributed by atoms with Crippen molar-refractivity contribution in [1.29, 1.82) is 0 Å². The average molecular weight is 382 g/mol. The number of fused-ring (bicyclic) bond motifs is 1. The summed E-state index contributed by atoms with van der Waals surface area (Å²) in [5.74, 6) is -0.0693. The normalized spacial score (nSPS) is 15.1. The van der Waals surface area contributed by atoms with E-state index in [0.29, 0.717) is 23.6 Å². The molecule has 0 spiro atoms. The minimum Gasteiger partial charge on any atom is -0.329 e. The highest BCUT2D eigenvalue weighted by atomic mass is 19.4. The molecule has 1 aliphatic heterocycles. The summed E-state index contributed by atoms with van der Waals surface area (Å²) in [6.07, 6.45) is -0.143. The topological polar surface area (TPSA) is 92.2 Å². The molecule has 1 unspecified atom stereocenters. The molecule has 0 bridgehead atoms. The molecule has 2 N–H and O–H groups in total. The van der Waals surface area contributed by atoms with E-state index >= 15 is 0 Å².